The molecule has 0 unspecified atom stereocenters. The fourth-order valence-corrected chi connectivity index (χ4v) is 0.934. The first-order chi connectivity index (χ1) is 6.20. The van der Waals surface area contributed by atoms with Gasteiger partial charge in [0.2, 0.25) is 0 Å². The highest BCUT2D eigenvalue weighted by atomic mass is 16.6. The Bertz CT molecular complexity index is 406. The molecule has 0 saturated carbocycles. The molecule has 5 nitrogen and oxygen atoms in total. The lowest BCUT2D eigenvalue weighted by Gasteiger charge is -1.95. The van der Waals surface area contributed by atoms with E-state index in [0.29, 0.717) is 6.29 Å². The molecule has 13 heavy (non-hydrogen) atoms. The van der Waals surface area contributed by atoms with Gasteiger partial charge in [-0.25, -0.2) is 0 Å². The van der Waals surface area contributed by atoms with E-state index in [2.05, 4.69) is 0 Å². The van der Waals surface area contributed by atoms with Crippen molar-refractivity contribution < 1.29 is 9.72 Å². The van der Waals surface area contributed by atoms with E-state index in [4.69, 9.17) is 5.26 Å². The molecule has 1 aromatic rings. The largest absolute Gasteiger partial charge is 0.298 e. The van der Waals surface area contributed by atoms with Crippen LogP contribution in [-0.4, -0.2) is 11.2 Å². The number of nitro groups is 1. The van der Waals surface area contributed by atoms with Crippen molar-refractivity contribution in [3.05, 3.63) is 39.4 Å². The van der Waals surface area contributed by atoms with Gasteiger partial charge in [-0.3, -0.25) is 14.9 Å². The van der Waals surface area contributed by atoms with Gasteiger partial charge in [0, 0.05) is 6.07 Å². The van der Waals surface area contributed by atoms with Crippen LogP contribution in [0.4, 0.5) is 5.69 Å². The Morgan fingerprint density at radius 2 is 2.23 bits per heavy atom. The molecule has 0 aliphatic rings. The number of benzene rings is 1. The lowest BCUT2D eigenvalue weighted by atomic mass is 10.1. The van der Waals surface area contributed by atoms with Gasteiger partial charge in [-0.05, 0) is 6.07 Å². The fraction of sp³-hybridized carbons (Fsp3) is 0. The summed E-state index contributed by atoms with van der Waals surface area (Å²) in [5.74, 6) is 0. The van der Waals surface area contributed by atoms with Crippen LogP contribution in [0.2, 0.25) is 0 Å². The van der Waals surface area contributed by atoms with E-state index < -0.39 is 4.92 Å². The number of carbonyl (C=O) groups excluding carboxylic acids is 1. The van der Waals surface area contributed by atoms with Crippen molar-refractivity contribution >= 4 is 12.0 Å². The van der Waals surface area contributed by atoms with E-state index in [1.54, 1.807) is 6.07 Å². The van der Waals surface area contributed by atoms with Crippen molar-refractivity contribution in [3.63, 3.8) is 0 Å². The molecule has 0 N–H and O–H groups in total. The van der Waals surface area contributed by atoms with E-state index in [9.17, 15) is 14.9 Å². The summed E-state index contributed by atoms with van der Waals surface area (Å²) in [7, 11) is 0. The van der Waals surface area contributed by atoms with Crippen molar-refractivity contribution in [1.29, 1.82) is 5.26 Å². The van der Waals surface area contributed by atoms with Gasteiger partial charge in [0.1, 0.15) is 11.6 Å². The van der Waals surface area contributed by atoms with E-state index in [1.807, 2.05) is 0 Å². The minimum atomic E-state index is -0.690. The van der Waals surface area contributed by atoms with Crippen molar-refractivity contribution in [2.75, 3.05) is 0 Å². The van der Waals surface area contributed by atoms with Gasteiger partial charge in [0.15, 0.2) is 6.29 Å². The van der Waals surface area contributed by atoms with Gasteiger partial charge in [-0.15, -0.1) is 0 Å². The van der Waals surface area contributed by atoms with Gasteiger partial charge >= 0.3 is 0 Å². The van der Waals surface area contributed by atoms with Crippen LogP contribution < -0.4 is 0 Å². The van der Waals surface area contributed by atoms with Crippen molar-refractivity contribution in [2.24, 2.45) is 0 Å². The summed E-state index contributed by atoms with van der Waals surface area (Å²) < 4.78 is 0. The Kier molecular flexibility index (Phi) is 2.36. The monoisotopic (exact) mass is 176 g/mol. The quantitative estimate of drug-likeness (QED) is 0.386. The molecule has 0 atom stereocenters. The van der Waals surface area contributed by atoms with Crippen LogP contribution in [0.1, 0.15) is 15.9 Å². The van der Waals surface area contributed by atoms with E-state index in [-0.39, 0.29) is 16.8 Å². The lowest BCUT2D eigenvalue weighted by molar-refractivity contribution is -0.385. The summed E-state index contributed by atoms with van der Waals surface area (Å²) in [6, 6.07) is 5.61. The number of rotatable bonds is 2. The number of nitro benzene ring substituents is 1. The van der Waals surface area contributed by atoms with Gasteiger partial charge in [0.25, 0.3) is 5.69 Å². The minimum Gasteiger partial charge on any atom is -0.298 e. The molecule has 0 heterocycles. The topological polar surface area (TPSA) is 84.0 Å². The normalized spacial score (nSPS) is 8.85. The molecule has 0 aliphatic heterocycles. The maximum atomic E-state index is 10.5. The molecule has 0 spiro atoms. The SMILES string of the molecule is N#Cc1cccc([N+](=O)[O-])c1C=O. The highest BCUT2D eigenvalue weighted by Crippen LogP contribution is 2.19. The summed E-state index contributed by atoms with van der Waals surface area (Å²) in [5.41, 5.74) is -0.492. The highest BCUT2D eigenvalue weighted by Gasteiger charge is 2.15. The molecule has 1 aromatic carbocycles. The molecule has 0 amide bonds. The van der Waals surface area contributed by atoms with Gasteiger partial charge < -0.3 is 0 Å². The smallest absolute Gasteiger partial charge is 0.281 e. The first-order valence-electron chi connectivity index (χ1n) is 3.33. The fourth-order valence-electron chi connectivity index (χ4n) is 0.934. The van der Waals surface area contributed by atoms with Gasteiger partial charge in [0.05, 0.1) is 10.5 Å². The van der Waals surface area contributed by atoms with Gasteiger partial charge in [-0.2, -0.15) is 5.26 Å². The van der Waals surface area contributed by atoms with E-state index in [0.717, 1.165) is 0 Å². The molecule has 1 rings (SSSR count). The molecule has 0 aromatic heterocycles. The Morgan fingerprint density at radius 1 is 1.54 bits per heavy atom. The van der Waals surface area contributed by atoms with Crippen molar-refractivity contribution in [2.45, 2.75) is 0 Å². The summed E-state index contributed by atoms with van der Waals surface area (Å²) in [5, 5.41) is 18.9. The van der Waals surface area contributed by atoms with Crippen LogP contribution >= 0.6 is 0 Å². The maximum Gasteiger partial charge on any atom is 0.281 e. The van der Waals surface area contributed by atoms with Crippen molar-refractivity contribution in [1.82, 2.24) is 0 Å². The third-order valence-corrected chi connectivity index (χ3v) is 1.52. The molecule has 0 bridgehead atoms. The number of aldehydes is 1. The molecule has 0 radical (unpaired) electrons. The minimum absolute atomic E-state index is 0.0178. The van der Waals surface area contributed by atoms with Crippen LogP contribution in [0.25, 0.3) is 0 Å². The first kappa shape index (κ1) is 8.87. The third-order valence-electron chi connectivity index (χ3n) is 1.52. The van der Waals surface area contributed by atoms with E-state index in [1.165, 1.54) is 18.2 Å². The predicted molar refractivity (Wildman–Crippen MR) is 43.2 cm³/mol. The summed E-state index contributed by atoms with van der Waals surface area (Å²) in [6.07, 6.45) is 0.316. The van der Waals surface area contributed by atoms with Crippen LogP contribution in [-0.2, 0) is 0 Å². The highest BCUT2D eigenvalue weighted by molar-refractivity contribution is 5.85. The Labute approximate surface area is 73.4 Å². The van der Waals surface area contributed by atoms with E-state index >= 15 is 0 Å². The third kappa shape index (κ3) is 1.51. The predicted octanol–water partition coefficient (Wildman–Crippen LogP) is 1.28. The molecule has 0 saturated heterocycles. The standard InChI is InChI=1S/C8H4N2O3/c9-4-6-2-1-3-8(10(12)13)7(6)5-11/h1-3,5H. The molecule has 5 heteroatoms. The number of nitrogens with zero attached hydrogens (tertiary/aromatic N) is 2. The number of hydrogen-bond donors (Lipinski definition) is 0. The average molecular weight is 176 g/mol. The average Bonchev–Trinajstić information content (AvgIpc) is 2.16. The second-order valence-corrected chi connectivity index (χ2v) is 2.23. The molecule has 64 valence electrons. The zero-order valence-corrected chi connectivity index (χ0v) is 6.43. The second kappa shape index (κ2) is 3.45. The molecule has 0 fully saturated rings. The van der Waals surface area contributed by atoms with Crippen LogP contribution in [0.15, 0.2) is 18.2 Å². The van der Waals surface area contributed by atoms with Crippen molar-refractivity contribution in [3.8, 4) is 6.07 Å². The summed E-state index contributed by atoms with van der Waals surface area (Å²) in [4.78, 5) is 20.2. The second-order valence-electron chi connectivity index (χ2n) is 2.23. The zero-order valence-electron chi connectivity index (χ0n) is 6.43. The Balaban J connectivity index is 3.46. The maximum absolute atomic E-state index is 10.5. The van der Waals surface area contributed by atoms with Gasteiger partial charge in [-0.1, -0.05) is 6.07 Å². The van der Waals surface area contributed by atoms with Crippen LogP contribution in [0, 0.1) is 21.4 Å². The Morgan fingerprint density at radius 3 is 2.69 bits per heavy atom. The Hall–Kier alpha value is -2.22. The zero-order chi connectivity index (χ0) is 9.84. The first-order valence-corrected chi connectivity index (χ1v) is 3.33. The number of hydrogen-bond acceptors (Lipinski definition) is 4. The summed E-state index contributed by atoms with van der Waals surface area (Å²) >= 11 is 0. The molecular formula is C8H4N2O3. The lowest BCUT2D eigenvalue weighted by Crippen LogP contribution is -1.96. The number of nitriles is 1. The van der Waals surface area contributed by atoms with Crippen LogP contribution in [0.3, 0.4) is 0 Å². The molecule has 0 aliphatic carbocycles. The number of carbonyl (C=O) groups is 1. The van der Waals surface area contributed by atoms with Crippen LogP contribution in [0.5, 0.6) is 0 Å². The summed E-state index contributed by atoms with van der Waals surface area (Å²) in [6.45, 7) is 0. The molecular weight excluding hydrogens is 172 g/mol.